The van der Waals surface area contributed by atoms with Crippen molar-refractivity contribution >= 4 is 0 Å². The third-order valence-electron chi connectivity index (χ3n) is 7.01. The first kappa shape index (κ1) is 18.4. The number of rotatable bonds is 5. The molecule has 3 atom stereocenters. The number of methoxy groups -OCH3 is 1. The number of aromatic nitrogens is 2. The molecule has 6 nitrogen and oxygen atoms in total. The second-order valence-corrected chi connectivity index (χ2v) is 8.52. The third-order valence-corrected chi connectivity index (χ3v) is 7.01. The summed E-state index contributed by atoms with van der Waals surface area (Å²) in [6.45, 7) is 8.20. The summed E-state index contributed by atoms with van der Waals surface area (Å²) in [7, 11) is 3.96. The minimum absolute atomic E-state index is 0.320. The fourth-order valence-corrected chi connectivity index (χ4v) is 5.53. The van der Waals surface area contributed by atoms with Gasteiger partial charge in [0.25, 0.3) is 0 Å². The van der Waals surface area contributed by atoms with Gasteiger partial charge >= 0.3 is 0 Å². The van der Waals surface area contributed by atoms with E-state index in [9.17, 15) is 0 Å². The van der Waals surface area contributed by atoms with Crippen molar-refractivity contribution in [3.8, 4) is 0 Å². The number of aryl methyl sites for hydroxylation is 1. The molecule has 0 bridgehead atoms. The van der Waals surface area contributed by atoms with Crippen LogP contribution < -0.4 is 0 Å². The predicted octanol–water partition coefficient (Wildman–Crippen LogP) is 1.76. The molecule has 1 aliphatic carbocycles. The number of fused-ring (bicyclic) bond motifs is 1. The van der Waals surface area contributed by atoms with Crippen LogP contribution in [0.4, 0.5) is 0 Å². The second kappa shape index (κ2) is 7.97. The summed E-state index contributed by atoms with van der Waals surface area (Å²) in [5.74, 6) is 1.94. The van der Waals surface area contributed by atoms with Crippen LogP contribution in [-0.2, 0) is 23.1 Å². The van der Waals surface area contributed by atoms with Crippen molar-refractivity contribution in [2.75, 3.05) is 53.1 Å². The number of morpholine rings is 1. The molecule has 146 valence electrons. The Hall–Kier alpha value is -0.950. The summed E-state index contributed by atoms with van der Waals surface area (Å²) < 4.78 is 13.4. The van der Waals surface area contributed by atoms with E-state index in [-0.39, 0.29) is 0 Å². The summed E-state index contributed by atoms with van der Waals surface area (Å²) in [4.78, 5) is 9.81. The van der Waals surface area contributed by atoms with Crippen molar-refractivity contribution in [1.82, 2.24) is 19.4 Å². The number of hydrogen-bond acceptors (Lipinski definition) is 5. The average molecular weight is 363 g/mol. The molecule has 3 heterocycles. The van der Waals surface area contributed by atoms with Gasteiger partial charge in [-0.1, -0.05) is 0 Å². The first-order valence-corrected chi connectivity index (χ1v) is 10.2. The second-order valence-electron chi connectivity index (χ2n) is 8.52. The normalized spacial score (nSPS) is 33.9. The molecular formula is C20H34N4O2. The fourth-order valence-electron chi connectivity index (χ4n) is 5.53. The molecule has 0 aromatic carbocycles. The van der Waals surface area contributed by atoms with E-state index in [0.717, 1.165) is 63.8 Å². The Balaban J connectivity index is 1.43. The zero-order chi connectivity index (χ0) is 18.0. The Labute approximate surface area is 157 Å². The molecule has 1 aromatic heterocycles. The Kier molecular flexibility index (Phi) is 5.64. The molecule has 2 saturated heterocycles. The predicted molar refractivity (Wildman–Crippen MR) is 101 cm³/mol. The maximum atomic E-state index is 5.75. The largest absolute Gasteiger partial charge is 0.384 e. The quantitative estimate of drug-likeness (QED) is 0.799. The Morgan fingerprint density at radius 2 is 2.12 bits per heavy atom. The standard InChI is InChI=1S/C20H34N4O2/c1-22-8-6-21-19(22)14-23-7-4-17-13-18(24-9-11-26-12-10-24)3-5-20(17,15-23)16-25-2/h6,8,17-18H,3-5,7,9-16H2,1-2H3/t17-,18-,20+/m0/s1. The molecule has 0 radical (unpaired) electrons. The number of ether oxygens (including phenoxy) is 2. The smallest absolute Gasteiger partial charge is 0.122 e. The van der Waals surface area contributed by atoms with E-state index in [4.69, 9.17) is 9.47 Å². The van der Waals surface area contributed by atoms with Crippen LogP contribution in [0.25, 0.3) is 0 Å². The summed E-state index contributed by atoms with van der Waals surface area (Å²) >= 11 is 0. The van der Waals surface area contributed by atoms with Gasteiger partial charge in [-0.3, -0.25) is 9.80 Å². The first-order chi connectivity index (χ1) is 12.7. The molecule has 6 heteroatoms. The highest BCUT2D eigenvalue weighted by Crippen LogP contribution is 2.48. The molecule has 0 unspecified atom stereocenters. The van der Waals surface area contributed by atoms with Crippen LogP contribution in [0.3, 0.4) is 0 Å². The van der Waals surface area contributed by atoms with Crippen molar-refractivity contribution in [2.24, 2.45) is 18.4 Å². The van der Waals surface area contributed by atoms with Crippen LogP contribution in [0.2, 0.25) is 0 Å². The maximum Gasteiger partial charge on any atom is 0.122 e. The number of likely N-dealkylation sites (tertiary alicyclic amines) is 1. The molecular weight excluding hydrogens is 328 g/mol. The summed E-state index contributed by atoms with van der Waals surface area (Å²) in [5, 5.41) is 0. The lowest BCUT2D eigenvalue weighted by molar-refractivity contribution is -0.0875. The summed E-state index contributed by atoms with van der Waals surface area (Å²) in [6, 6.07) is 0.745. The van der Waals surface area contributed by atoms with Crippen molar-refractivity contribution in [3.63, 3.8) is 0 Å². The third kappa shape index (κ3) is 3.70. The highest BCUT2D eigenvalue weighted by atomic mass is 16.5. The lowest BCUT2D eigenvalue weighted by Gasteiger charge is -2.54. The molecule has 4 rings (SSSR count). The maximum absolute atomic E-state index is 5.75. The molecule has 0 spiro atoms. The van der Waals surface area contributed by atoms with E-state index in [1.54, 1.807) is 0 Å². The van der Waals surface area contributed by atoms with Gasteiger partial charge in [-0.2, -0.15) is 0 Å². The topological polar surface area (TPSA) is 42.8 Å². The molecule has 0 amide bonds. The molecule has 26 heavy (non-hydrogen) atoms. The van der Waals surface area contributed by atoms with Gasteiger partial charge in [-0.25, -0.2) is 4.98 Å². The van der Waals surface area contributed by atoms with Crippen molar-refractivity contribution in [1.29, 1.82) is 0 Å². The zero-order valence-electron chi connectivity index (χ0n) is 16.4. The monoisotopic (exact) mass is 362 g/mol. The Bertz CT molecular complexity index is 586. The molecule has 2 aliphatic heterocycles. The van der Waals surface area contributed by atoms with E-state index in [1.807, 2.05) is 19.5 Å². The van der Waals surface area contributed by atoms with E-state index in [0.29, 0.717) is 5.41 Å². The molecule has 3 fully saturated rings. The Morgan fingerprint density at radius 3 is 2.85 bits per heavy atom. The minimum Gasteiger partial charge on any atom is -0.384 e. The van der Waals surface area contributed by atoms with Gasteiger partial charge in [0.05, 0.1) is 26.4 Å². The van der Waals surface area contributed by atoms with Gasteiger partial charge in [-0.15, -0.1) is 0 Å². The molecule has 1 saturated carbocycles. The van der Waals surface area contributed by atoms with Crippen LogP contribution >= 0.6 is 0 Å². The van der Waals surface area contributed by atoms with E-state index in [2.05, 4.69) is 26.4 Å². The zero-order valence-corrected chi connectivity index (χ0v) is 16.4. The van der Waals surface area contributed by atoms with Crippen molar-refractivity contribution in [2.45, 2.75) is 38.3 Å². The lowest BCUT2D eigenvalue weighted by atomic mass is 9.62. The number of piperidine rings is 1. The summed E-state index contributed by atoms with van der Waals surface area (Å²) in [6.07, 6.45) is 9.15. The molecule has 3 aliphatic rings. The Morgan fingerprint density at radius 1 is 1.27 bits per heavy atom. The minimum atomic E-state index is 0.320. The van der Waals surface area contributed by atoms with Gasteiger partial charge in [0.2, 0.25) is 0 Å². The van der Waals surface area contributed by atoms with Crippen molar-refractivity contribution in [3.05, 3.63) is 18.2 Å². The number of hydrogen-bond donors (Lipinski definition) is 0. The van der Waals surface area contributed by atoms with Gasteiger partial charge in [0.15, 0.2) is 0 Å². The van der Waals surface area contributed by atoms with Crippen LogP contribution in [0, 0.1) is 11.3 Å². The lowest BCUT2D eigenvalue weighted by Crippen LogP contribution is -2.57. The highest BCUT2D eigenvalue weighted by molar-refractivity contribution is 5.01. The SMILES string of the molecule is COC[C@]12CC[C@H](N3CCOCC3)C[C@@H]1CCN(Cc1nccn1C)C2. The number of nitrogens with zero attached hydrogens (tertiary/aromatic N) is 4. The first-order valence-electron chi connectivity index (χ1n) is 10.2. The van der Waals surface area contributed by atoms with Crippen LogP contribution in [0.15, 0.2) is 12.4 Å². The van der Waals surface area contributed by atoms with Gasteiger partial charge < -0.3 is 14.0 Å². The summed E-state index contributed by atoms with van der Waals surface area (Å²) in [5.41, 5.74) is 0.320. The molecule has 0 N–H and O–H groups in total. The van der Waals surface area contributed by atoms with Crippen molar-refractivity contribution < 1.29 is 9.47 Å². The van der Waals surface area contributed by atoms with E-state index < -0.39 is 0 Å². The number of imidazole rings is 1. The van der Waals surface area contributed by atoms with E-state index in [1.165, 1.54) is 32.2 Å². The fraction of sp³-hybridized carbons (Fsp3) is 0.850. The average Bonchev–Trinajstić information content (AvgIpc) is 3.07. The van der Waals surface area contributed by atoms with Gasteiger partial charge in [-0.05, 0) is 38.1 Å². The van der Waals surface area contributed by atoms with Crippen LogP contribution in [0.1, 0.15) is 31.5 Å². The van der Waals surface area contributed by atoms with Crippen LogP contribution in [0.5, 0.6) is 0 Å². The highest BCUT2D eigenvalue weighted by Gasteiger charge is 2.48. The van der Waals surface area contributed by atoms with Gasteiger partial charge in [0, 0.05) is 57.6 Å². The van der Waals surface area contributed by atoms with Crippen LogP contribution in [-0.4, -0.2) is 78.5 Å². The van der Waals surface area contributed by atoms with Gasteiger partial charge in [0.1, 0.15) is 5.82 Å². The molecule has 1 aromatic rings. The van der Waals surface area contributed by atoms with E-state index >= 15 is 0 Å².